The van der Waals surface area contributed by atoms with Crippen LogP contribution in [0.3, 0.4) is 0 Å². The highest BCUT2D eigenvalue weighted by molar-refractivity contribution is 5.79. The standard InChI is InChI=1S/C14H29N3O2/c1-11-4-5-13(10-12(11)2)17(8-9-19-3)7-6-14(15)16-18/h11-13,18H,4-10H2,1-3H3,(H2,15,16). The first-order chi connectivity index (χ1) is 9.08. The van der Waals surface area contributed by atoms with E-state index >= 15 is 0 Å². The molecule has 0 saturated heterocycles. The monoisotopic (exact) mass is 271 g/mol. The number of nitrogens with two attached hydrogens (primary N) is 1. The van der Waals surface area contributed by atoms with E-state index < -0.39 is 0 Å². The molecule has 3 N–H and O–H groups in total. The predicted octanol–water partition coefficient (Wildman–Crippen LogP) is 1.90. The second kappa shape index (κ2) is 8.38. The van der Waals surface area contributed by atoms with Gasteiger partial charge < -0.3 is 15.7 Å². The van der Waals surface area contributed by atoms with E-state index in [-0.39, 0.29) is 0 Å². The number of nitrogens with zero attached hydrogens (tertiary/aromatic N) is 2. The lowest BCUT2D eigenvalue weighted by Crippen LogP contribution is -2.43. The van der Waals surface area contributed by atoms with Gasteiger partial charge in [0.05, 0.1) is 6.61 Å². The highest BCUT2D eigenvalue weighted by atomic mass is 16.5. The van der Waals surface area contributed by atoms with Crippen molar-refractivity contribution in [3.05, 3.63) is 0 Å². The summed E-state index contributed by atoms with van der Waals surface area (Å²) in [6.45, 7) is 7.17. The molecule has 0 aromatic rings. The zero-order valence-corrected chi connectivity index (χ0v) is 12.5. The van der Waals surface area contributed by atoms with Crippen LogP contribution in [0.15, 0.2) is 5.16 Å². The summed E-state index contributed by atoms with van der Waals surface area (Å²) in [5.41, 5.74) is 5.57. The summed E-state index contributed by atoms with van der Waals surface area (Å²) in [5.74, 6) is 1.90. The van der Waals surface area contributed by atoms with E-state index in [0.717, 1.165) is 31.5 Å². The Kier molecular flexibility index (Phi) is 7.16. The molecule has 0 aromatic heterocycles. The van der Waals surface area contributed by atoms with E-state index in [0.29, 0.717) is 18.3 Å². The van der Waals surface area contributed by atoms with Crippen LogP contribution in [0.1, 0.15) is 39.5 Å². The maximum atomic E-state index is 8.63. The molecule has 1 aliphatic carbocycles. The molecule has 0 amide bonds. The van der Waals surface area contributed by atoms with Crippen molar-refractivity contribution in [3.8, 4) is 0 Å². The van der Waals surface area contributed by atoms with Crippen molar-refractivity contribution in [2.75, 3.05) is 26.8 Å². The minimum atomic E-state index is 0.305. The highest BCUT2D eigenvalue weighted by Crippen LogP contribution is 2.32. The minimum Gasteiger partial charge on any atom is -0.409 e. The van der Waals surface area contributed by atoms with Gasteiger partial charge in [0.25, 0.3) is 0 Å². The summed E-state index contributed by atoms with van der Waals surface area (Å²) < 4.78 is 5.19. The Hall–Kier alpha value is -0.810. The van der Waals surface area contributed by atoms with E-state index in [1.54, 1.807) is 7.11 Å². The third-order valence-electron chi connectivity index (χ3n) is 4.45. The molecule has 112 valence electrons. The maximum Gasteiger partial charge on any atom is 0.140 e. The molecule has 1 saturated carbocycles. The molecule has 3 atom stereocenters. The number of hydrogen-bond acceptors (Lipinski definition) is 4. The number of rotatable bonds is 7. The summed E-state index contributed by atoms with van der Waals surface area (Å²) in [6.07, 6.45) is 4.38. The van der Waals surface area contributed by atoms with Crippen molar-refractivity contribution in [2.24, 2.45) is 22.7 Å². The zero-order valence-electron chi connectivity index (χ0n) is 12.5. The normalized spacial score (nSPS) is 28.8. The Morgan fingerprint density at radius 1 is 1.32 bits per heavy atom. The quantitative estimate of drug-likeness (QED) is 0.321. The smallest absolute Gasteiger partial charge is 0.140 e. The summed E-state index contributed by atoms with van der Waals surface area (Å²) >= 11 is 0. The topological polar surface area (TPSA) is 71.1 Å². The molecule has 0 spiro atoms. The third kappa shape index (κ3) is 5.37. The zero-order chi connectivity index (χ0) is 14.3. The Balaban J connectivity index is 2.52. The van der Waals surface area contributed by atoms with Gasteiger partial charge in [0.1, 0.15) is 5.84 Å². The summed E-state index contributed by atoms with van der Waals surface area (Å²) in [5, 5.41) is 11.7. The average molecular weight is 271 g/mol. The van der Waals surface area contributed by atoms with Crippen LogP contribution in [0, 0.1) is 11.8 Å². The van der Waals surface area contributed by atoms with Gasteiger partial charge in [0, 0.05) is 32.7 Å². The molecule has 0 bridgehead atoms. The molecule has 5 nitrogen and oxygen atoms in total. The van der Waals surface area contributed by atoms with E-state index in [1.807, 2.05) is 0 Å². The number of hydrogen-bond donors (Lipinski definition) is 2. The van der Waals surface area contributed by atoms with Crippen LogP contribution in [-0.4, -0.2) is 48.8 Å². The molecule has 1 aliphatic rings. The molecule has 3 unspecified atom stereocenters. The van der Waals surface area contributed by atoms with E-state index in [4.69, 9.17) is 15.7 Å². The molecular formula is C14H29N3O2. The van der Waals surface area contributed by atoms with Gasteiger partial charge in [-0.2, -0.15) is 0 Å². The lowest BCUT2D eigenvalue weighted by atomic mass is 9.78. The summed E-state index contributed by atoms with van der Waals surface area (Å²) in [7, 11) is 1.73. The van der Waals surface area contributed by atoms with Crippen LogP contribution in [0.2, 0.25) is 0 Å². The van der Waals surface area contributed by atoms with Crippen LogP contribution in [0.25, 0.3) is 0 Å². The molecule has 0 aromatic carbocycles. The van der Waals surface area contributed by atoms with Crippen molar-refractivity contribution in [1.82, 2.24) is 4.90 Å². The van der Waals surface area contributed by atoms with Gasteiger partial charge in [-0.3, -0.25) is 4.90 Å². The predicted molar refractivity (Wildman–Crippen MR) is 77.4 cm³/mol. The van der Waals surface area contributed by atoms with Gasteiger partial charge in [-0.25, -0.2) is 0 Å². The fourth-order valence-electron chi connectivity index (χ4n) is 2.84. The fraction of sp³-hybridized carbons (Fsp3) is 0.929. The first kappa shape index (κ1) is 16.2. The van der Waals surface area contributed by atoms with E-state index in [1.165, 1.54) is 19.3 Å². The third-order valence-corrected chi connectivity index (χ3v) is 4.45. The lowest BCUT2D eigenvalue weighted by molar-refractivity contribution is 0.0793. The second-order valence-electron chi connectivity index (χ2n) is 5.79. The van der Waals surface area contributed by atoms with Crippen molar-refractivity contribution < 1.29 is 9.94 Å². The van der Waals surface area contributed by atoms with Crippen LogP contribution < -0.4 is 5.73 Å². The van der Waals surface area contributed by atoms with Crippen LogP contribution >= 0.6 is 0 Å². The molecule has 0 heterocycles. The van der Waals surface area contributed by atoms with Gasteiger partial charge in [-0.05, 0) is 31.1 Å². The van der Waals surface area contributed by atoms with Gasteiger partial charge in [0.15, 0.2) is 0 Å². The molecular weight excluding hydrogens is 242 g/mol. The largest absolute Gasteiger partial charge is 0.409 e. The van der Waals surface area contributed by atoms with Gasteiger partial charge in [-0.15, -0.1) is 0 Å². The number of ether oxygens (including phenoxy) is 1. The average Bonchev–Trinajstić information content (AvgIpc) is 2.42. The molecule has 19 heavy (non-hydrogen) atoms. The fourth-order valence-corrected chi connectivity index (χ4v) is 2.84. The van der Waals surface area contributed by atoms with Crippen molar-refractivity contribution in [3.63, 3.8) is 0 Å². The van der Waals surface area contributed by atoms with Crippen LogP contribution in [0.4, 0.5) is 0 Å². The van der Waals surface area contributed by atoms with E-state index in [9.17, 15) is 0 Å². The first-order valence-corrected chi connectivity index (χ1v) is 7.27. The minimum absolute atomic E-state index is 0.305. The summed E-state index contributed by atoms with van der Waals surface area (Å²) in [4.78, 5) is 2.43. The summed E-state index contributed by atoms with van der Waals surface area (Å²) in [6, 6.07) is 0.604. The number of amidine groups is 1. The molecule has 5 heteroatoms. The van der Waals surface area contributed by atoms with Crippen molar-refractivity contribution >= 4 is 5.84 Å². The molecule has 0 radical (unpaired) electrons. The highest BCUT2D eigenvalue weighted by Gasteiger charge is 2.28. The number of methoxy groups -OCH3 is 1. The SMILES string of the molecule is COCCN(CCC(N)=NO)C1CCC(C)C(C)C1. The van der Waals surface area contributed by atoms with Crippen molar-refractivity contribution in [2.45, 2.75) is 45.6 Å². The molecule has 0 aliphatic heterocycles. The van der Waals surface area contributed by atoms with E-state index in [2.05, 4.69) is 23.9 Å². The number of oxime groups is 1. The first-order valence-electron chi connectivity index (χ1n) is 7.27. The lowest BCUT2D eigenvalue weighted by Gasteiger charge is -2.39. The van der Waals surface area contributed by atoms with Gasteiger partial charge >= 0.3 is 0 Å². The Bertz CT molecular complexity index is 284. The van der Waals surface area contributed by atoms with Crippen LogP contribution in [0.5, 0.6) is 0 Å². The second-order valence-corrected chi connectivity index (χ2v) is 5.79. The van der Waals surface area contributed by atoms with Gasteiger partial charge in [0.2, 0.25) is 0 Å². The Morgan fingerprint density at radius 2 is 2.05 bits per heavy atom. The van der Waals surface area contributed by atoms with Gasteiger partial charge in [-0.1, -0.05) is 19.0 Å². The molecule has 1 fully saturated rings. The van der Waals surface area contributed by atoms with Crippen molar-refractivity contribution in [1.29, 1.82) is 0 Å². The maximum absolute atomic E-state index is 8.63. The Labute approximate surface area is 116 Å². The molecule has 1 rings (SSSR count). The Morgan fingerprint density at radius 3 is 2.63 bits per heavy atom. The van der Waals surface area contributed by atoms with Crippen LogP contribution in [-0.2, 0) is 4.74 Å².